The van der Waals surface area contributed by atoms with Gasteiger partial charge in [-0.25, -0.2) is 4.98 Å². The van der Waals surface area contributed by atoms with Gasteiger partial charge in [-0.05, 0) is 19.1 Å². The quantitative estimate of drug-likeness (QED) is 0.331. The summed E-state index contributed by atoms with van der Waals surface area (Å²) in [4.78, 5) is 8.53. The van der Waals surface area contributed by atoms with Gasteiger partial charge >= 0.3 is 0 Å². The molecule has 1 aromatic heterocycles. The van der Waals surface area contributed by atoms with Gasteiger partial charge in [0.05, 0.1) is 16.7 Å². The minimum Gasteiger partial charge on any atom is -0.253 e. The summed E-state index contributed by atoms with van der Waals surface area (Å²) in [7, 11) is 0. The number of aromatic nitrogens is 2. The van der Waals surface area contributed by atoms with Crippen molar-refractivity contribution in [1.29, 1.82) is 0 Å². The summed E-state index contributed by atoms with van der Waals surface area (Å²) in [6.07, 6.45) is 22.2. The van der Waals surface area contributed by atoms with Crippen LogP contribution < -0.4 is 0 Å². The Labute approximate surface area is 168 Å². The molecule has 0 atom stereocenters. The van der Waals surface area contributed by atoms with Crippen LogP contribution in [0.25, 0.3) is 11.0 Å². The molecule has 1 heterocycles. The van der Waals surface area contributed by atoms with E-state index >= 15 is 0 Å². The Balaban J connectivity index is 0.000000285. The molecule has 2 rings (SSSR count). The number of unbranched alkanes of at least 4 members (excludes halogenated alkanes) is 13. The Kier molecular flexibility index (Phi) is 14.6. The van der Waals surface area contributed by atoms with E-state index in [4.69, 9.17) is 0 Å². The van der Waals surface area contributed by atoms with E-state index in [-0.39, 0.29) is 0 Å². The number of benzene rings is 1. The van der Waals surface area contributed by atoms with E-state index in [1.54, 1.807) is 6.20 Å². The number of nitrogens with zero attached hydrogens (tertiary/aromatic N) is 2. The van der Waals surface area contributed by atoms with Gasteiger partial charge in [0.25, 0.3) is 0 Å². The fourth-order valence-electron chi connectivity index (χ4n) is 3.32. The maximum Gasteiger partial charge on any atom is 0.0889 e. The van der Waals surface area contributed by atoms with Crippen molar-refractivity contribution >= 4 is 11.0 Å². The molecule has 0 amide bonds. The van der Waals surface area contributed by atoms with Crippen molar-refractivity contribution < 1.29 is 0 Å². The molecule has 152 valence electrons. The Bertz CT molecular complexity index is 565. The zero-order chi connectivity index (χ0) is 19.6. The van der Waals surface area contributed by atoms with Gasteiger partial charge in [-0.2, -0.15) is 0 Å². The van der Waals surface area contributed by atoms with Gasteiger partial charge in [0, 0.05) is 6.20 Å². The molecule has 2 aromatic rings. The van der Waals surface area contributed by atoms with Gasteiger partial charge in [-0.1, -0.05) is 116 Å². The van der Waals surface area contributed by atoms with Crippen LogP contribution in [0, 0.1) is 6.92 Å². The number of aryl methyl sites for hydroxylation is 1. The molecule has 0 bridgehead atoms. The van der Waals surface area contributed by atoms with E-state index in [0.717, 1.165) is 16.7 Å². The fraction of sp³-hybridized carbons (Fsp3) is 0.680. The van der Waals surface area contributed by atoms with Gasteiger partial charge in [0.2, 0.25) is 0 Å². The topological polar surface area (TPSA) is 25.8 Å². The van der Waals surface area contributed by atoms with Gasteiger partial charge in [0.15, 0.2) is 0 Å². The highest BCUT2D eigenvalue weighted by Crippen LogP contribution is 2.12. The van der Waals surface area contributed by atoms with E-state index in [0.29, 0.717) is 0 Å². The van der Waals surface area contributed by atoms with Crippen molar-refractivity contribution in [3.05, 3.63) is 36.2 Å². The summed E-state index contributed by atoms with van der Waals surface area (Å²) in [6.45, 7) is 6.52. The molecule has 27 heavy (non-hydrogen) atoms. The summed E-state index contributed by atoms with van der Waals surface area (Å²) in [5.41, 5.74) is 2.88. The Hall–Kier alpha value is -1.44. The molecule has 0 saturated carbocycles. The van der Waals surface area contributed by atoms with Gasteiger partial charge in [-0.15, -0.1) is 0 Å². The summed E-state index contributed by atoms with van der Waals surface area (Å²) in [5.74, 6) is 0. The molecule has 0 fully saturated rings. The van der Waals surface area contributed by atoms with Crippen LogP contribution in [0.3, 0.4) is 0 Å². The van der Waals surface area contributed by atoms with Crippen molar-refractivity contribution in [3.63, 3.8) is 0 Å². The van der Waals surface area contributed by atoms with Crippen LogP contribution in [0.4, 0.5) is 0 Å². The van der Waals surface area contributed by atoms with Crippen LogP contribution >= 0.6 is 0 Å². The van der Waals surface area contributed by atoms with Gasteiger partial charge < -0.3 is 0 Å². The van der Waals surface area contributed by atoms with E-state index in [1.807, 2.05) is 31.2 Å². The van der Waals surface area contributed by atoms with E-state index in [1.165, 1.54) is 89.9 Å². The van der Waals surface area contributed by atoms with Crippen LogP contribution in [0.1, 0.15) is 109 Å². The highest BCUT2D eigenvalue weighted by atomic mass is 14.8. The van der Waals surface area contributed by atoms with Crippen LogP contribution in [-0.4, -0.2) is 9.97 Å². The van der Waals surface area contributed by atoms with Crippen molar-refractivity contribution in [2.75, 3.05) is 0 Å². The molecule has 0 aliphatic carbocycles. The first-order valence-corrected chi connectivity index (χ1v) is 11.5. The average molecular weight is 371 g/mol. The Morgan fingerprint density at radius 2 is 1.00 bits per heavy atom. The molecule has 0 saturated heterocycles. The second-order valence-corrected chi connectivity index (χ2v) is 7.74. The number of hydrogen-bond donors (Lipinski definition) is 0. The molecule has 2 heteroatoms. The zero-order valence-corrected chi connectivity index (χ0v) is 18.2. The molecule has 0 aliphatic rings. The minimum atomic E-state index is 0.957. The van der Waals surface area contributed by atoms with Crippen LogP contribution in [0.15, 0.2) is 30.5 Å². The summed E-state index contributed by atoms with van der Waals surface area (Å²) < 4.78 is 0. The van der Waals surface area contributed by atoms with Gasteiger partial charge in [-0.3, -0.25) is 4.98 Å². The molecule has 0 N–H and O–H groups in total. The van der Waals surface area contributed by atoms with Crippen LogP contribution in [-0.2, 0) is 0 Å². The zero-order valence-electron chi connectivity index (χ0n) is 18.2. The molecular weight excluding hydrogens is 328 g/mol. The third kappa shape index (κ3) is 12.5. The van der Waals surface area contributed by atoms with E-state index in [9.17, 15) is 0 Å². The molecule has 0 aliphatic heterocycles. The largest absolute Gasteiger partial charge is 0.253 e. The fourth-order valence-corrected chi connectivity index (χ4v) is 3.32. The van der Waals surface area contributed by atoms with Crippen LogP contribution in [0.5, 0.6) is 0 Å². The molecule has 0 unspecified atom stereocenters. The lowest BCUT2D eigenvalue weighted by Crippen LogP contribution is -1.85. The first-order chi connectivity index (χ1) is 13.3. The lowest BCUT2D eigenvalue weighted by atomic mass is 10.0. The van der Waals surface area contributed by atoms with Crippen molar-refractivity contribution in [1.82, 2.24) is 9.97 Å². The summed E-state index contributed by atoms with van der Waals surface area (Å²) in [6, 6.07) is 7.86. The van der Waals surface area contributed by atoms with Crippen molar-refractivity contribution in [3.8, 4) is 0 Å². The number of hydrogen-bond acceptors (Lipinski definition) is 2. The maximum absolute atomic E-state index is 4.31. The standard InChI is InChI=1S/C16H34.C9H8N2/c1-3-5-7-9-11-13-15-16-14-12-10-8-6-4-2;1-7-6-10-8-4-2-3-5-9(8)11-7/h3-16H2,1-2H3;2-6H,1H3. The Morgan fingerprint density at radius 3 is 1.44 bits per heavy atom. The molecule has 0 radical (unpaired) electrons. The number of fused-ring (bicyclic) bond motifs is 1. The SMILES string of the molecule is CCCCCCCCCCCCCCCC.Cc1cnc2ccccc2n1. The average Bonchev–Trinajstić information content (AvgIpc) is 2.69. The first kappa shape index (κ1) is 23.6. The van der Waals surface area contributed by atoms with Crippen LogP contribution in [0.2, 0.25) is 0 Å². The first-order valence-electron chi connectivity index (χ1n) is 11.5. The highest BCUT2D eigenvalue weighted by Gasteiger charge is 1.93. The predicted molar refractivity (Wildman–Crippen MR) is 120 cm³/mol. The second-order valence-electron chi connectivity index (χ2n) is 7.74. The molecular formula is C25H42N2. The third-order valence-corrected chi connectivity index (χ3v) is 5.03. The lowest BCUT2D eigenvalue weighted by Gasteiger charge is -2.02. The molecule has 0 spiro atoms. The van der Waals surface area contributed by atoms with E-state index in [2.05, 4.69) is 23.8 Å². The summed E-state index contributed by atoms with van der Waals surface area (Å²) in [5, 5.41) is 0. The van der Waals surface area contributed by atoms with E-state index < -0.39 is 0 Å². The minimum absolute atomic E-state index is 0.957. The monoisotopic (exact) mass is 370 g/mol. The number of para-hydroxylation sites is 2. The smallest absolute Gasteiger partial charge is 0.0889 e. The Morgan fingerprint density at radius 1 is 0.593 bits per heavy atom. The molecule has 1 aromatic carbocycles. The number of rotatable bonds is 13. The van der Waals surface area contributed by atoms with Crippen molar-refractivity contribution in [2.45, 2.75) is 111 Å². The second kappa shape index (κ2) is 16.7. The van der Waals surface area contributed by atoms with Gasteiger partial charge in [0.1, 0.15) is 0 Å². The molecule has 2 nitrogen and oxygen atoms in total. The normalized spacial score (nSPS) is 10.6. The predicted octanol–water partition coefficient (Wildman–Crippen LogP) is 8.43. The maximum atomic E-state index is 4.31. The lowest BCUT2D eigenvalue weighted by molar-refractivity contribution is 0.538. The highest BCUT2D eigenvalue weighted by molar-refractivity contribution is 5.73. The van der Waals surface area contributed by atoms with Crippen molar-refractivity contribution in [2.24, 2.45) is 0 Å². The third-order valence-electron chi connectivity index (χ3n) is 5.03. The summed E-state index contributed by atoms with van der Waals surface area (Å²) >= 11 is 0.